The van der Waals surface area contributed by atoms with E-state index in [2.05, 4.69) is 38.6 Å². The monoisotopic (exact) mass is 379 g/mol. The van der Waals surface area contributed by atoms with Gasteiger partial charge in [0.05, 0.1) is 0 Å². The number of hydrogen-bond acceptors (Lipinski definition) is 1. The van der Waals surface area contributed by atoms with Crippen molar-refractivity contribution in [2.45, 2.75) is 129 Å². The van der Waals surface area contributed by atoms with Crippen molar-refractivity contribution >= 4 is 0 Å². The molecule has 0 radical (unpaired) electrons. The van der Waals surface area contributed by atoms with Gasteiger partial charge in [0.2, 0.25) is 0 Å². The van der Waals surface area contributed by atoms with Crippen LogP contribution in [0, 0.1) is 5.92 Å². The van der Waals surface area contributed by atoms with Crippen LogP contribution in [0.1, 0.15) is 129 Å². The maximum absolute atomic E-state index is 3.80. The van der Waals surface area contributed by atoms with Crippen LogP contribution in [0.25, 0.3) is 0 Å². The first kappa shape index (κ1) is 26.7. The first-order chi connectivity index (χ1) is 13.2. The zero-order valence-electron chi connectivity index (χ0n) is 19.5. The summed E-state index contributed by atoms with van der Waals surface area (Å²) >= 11 is 0. The summed E-state index contributed by atoms with van der Waals surface area (Å²) in [5.74, 6) is 0.972. The minimum Gasteiger partial charge on any atom is -0.309 e. The molecule has 0 aromatic rings. The quantitative estimate of drug-likeness (QED) is 0.134. The molecular formula is C26H53N. The molecule has 162 valence electrons. The van der Waals surface area contributed by atoms with Crippen LogP contribution >= 0.6 is 0 Å². The van der Waals surface area contributed by atoms with Gasteiger partial charge in [0.25, 0.3) is 0 Å². The lowest BCUT2D eigenvalue weighted by atomic mass is 9.91. The fraction of sp³-hybridized carbons (Fsp3) is 0.923. The Labute approximate surface area is 173 Å². The number of unbranched alkanes of at least 4 members (excludes halogenated alkanes) is 14. The molecule has 0 aliphatic carbocycles. The van der Waals surface area contributed by atoms with E-state index in [-0.39, 0.29) is 0 Å². The number of nitrogens with zero attached hydrogens (tertiary/aromatic N) is 1. The summed E-state index contributed by atoms with van der Waals surface area (Å²) in [7, 11) is 4.44. The molecule has 0 aliphatic heterocycles. The Morgan fingerprint density at radius 1 is 0.630 bits per heavy atom. The number of rotatable bonds is 22. The third-order valence-electron chi connectivity index (χ3n) is 5.97. The third-order valence-corrected chi connectivity index (χ3v) is 5.97. The van der Waals surface area contributed by atoms with Crippen LogP contribution in [0.15, 0.2) is 12.7 Å². The highest BCUT2D eigenvalue weighted by Gasteiger charge is 2.09. The lowest BCUT2D eigenvalue weighted by Gasteiger charge is -2.19. The van der Waals surface area contributed by atoms with Gasteiger partial charge < -0.3 is 4.90 Å². The summed E-state index contributed by atoms with van der Waals surface area (Å²) in [5, 5.41) is 0. The van der Waals surface area contributed by atoms with Crippen molar-refractivity contribution in [2.24, 2.45) is 5.92 Å². The molecule has 0 bridgehead atoms. The summed E-state index contributed by atoms with van der Waals surface area (Å²) < 4.78 is 0. The van der Waals surface area contributed by atoms with Gasteiger partial charge >= 0.3 is 0 Å². The molecule has 0 amide bonds. The summed E-state index contributed by atoms with van der Waals surface area (Å²) in [6.07, 6.45) is 29.2. The molecule has 0 aliphatic rings. The van der Waals surface area contributed by atoms with Crippen molar-refractivity contribution in [3.63, 3.8) is 0 Å². The maximum Gasteiger partial charge on any atom is -0.00222 e. The van der Waals surface area contributed by atoms with E-state index in [1.165, 1.54) is 129 Å². The minimum atomic E-state index is 0.972. The van der Waals surface area contributed by atoms with E-state index in [9.17, 15) is 0 Å². The molecule has 0 fully saturated rings. The van der Waals surface area contributed by atoms with E-state index in [1.54, 1.807) is 0 Å². The van der Waals surface area contributed by atoms with Gasteiger partial charge in [-0.25, -0.2) is 0 Å². The van der Waals surface area contributed by atoms with Crippen LogP contribution in [0.4, 0.5) is 0 Å². The highest BCUT2D eigenvalue weighted by molar-refractivity contribution is 4.65. The van der Waals surface area contributed by atoms with Crippen LogP contribution in [0.5, 0.6) is 0 Å². The standard InChI is InChI=1S/C26H53N/c1-5-7-9-11-13-15-17-19-21-23-26(24-25-27(3)4)22-20-18-16-14-12-10-8-6-2/h5,26H,1,6-25H2,2-4H3. The Morgan fingerprint density at radius 2 is 1.07 bits per heavy atom. The molecule has 1 unspecified atom stereocenters. The third kappa shape index (κ3) is 21.9. The predicted molar refractivity (Wildman–Crippen MR) is 126 cm³/mol. The molecule has 0 aromatic heterocycles. The minimum absolute atomic E-state index is 0.972. The van der Waals surface area contributed by atoms with E-state index in [0.29, 0.717) is 0 Å². The second-order valence-electron chi connectivity index (χ2n) is 9.06. The summed E-state index contributed by atoms with van der Waals surface area (Å²) in [5.41, 5.74) is 0. The Kier molecular flexibility index (Phi) is 21.7. The Bertz CT molecular complexity index is 284. The topological polar surface area (TPSA) is 3.24 Å². The van der Waals surface area contributed by atoms with Crippen LogP contribution in [0.2, 0.25) is 0 Å². The molecule has 1 atom stereocenters. The van der Waals surface area contributed by atoms with Crippen molar-refractivity contribution in [3.8, 4) is 0 Å². The van der Waals surface area contributed by atoms with Crippen molar-refractivity contribution in [2.75, 3.05) is 20.6 Å². The summed E-state index contributed by atoms with van der Waals surface area (Å²) in [6.45, 7) is 7.38. The average molecular weight is 380 g/mol. The van der Waals surface area contributed by atoms with Crippen LogP contribution in [-0.2, 0) is 0 Å². The first-order valence-corrected chi connectivity index (χ1v) is 12.5. The van der Waals surface area contributed by atoms with E-state index in [4.69, 9.17) is 0 Å². The Balaban J connectivity index is 3.67. The molecule has 0 saturated carbocycles. The van der Waals surface area contributed by atoms with Gasteiger partial charge in [0.1, 0.15) is 0 Å². The largest absolute Gasteiger partial charge is 0.309 e. The molecule has 0 saturated heterocycles. The molecule has 0 aromatic carbocycles. The van der Waals surface area contributed by atoms with Gasteiger partial charge in [-0.3, -0.25) is 0 Å². The van der Waals surface area contributed by atoms with E-state index >= 15 is 0 Å². The molecule has 0 rings (SSSR count). The predicted octanol–water partition coefficient (Wildman–Crippen LogP) is 8.78. The molecule has 0 heterocycles. The Morgan fingerprint density at radius 3 is 1.52 bits per heavy atom. The van der Waals surface area contributed by atoms with Crippen LogP contribution < -0.4 is 0 Å². The fourth-order valence-corrected chi connectivity index (χ4v) is 4.05. The van der Waals surface area contributed by atoms with Gasteiger partial charge in [-0.15, -0.1) is 6.58 Å². The smallest absolute Gasteiger partial charge is 0.00222 e. The molecule has 1 nitrogen and oxygen atoms in total. The zero-order valence-corrected chi connectivity index (χ0v) is 19.5. The van der Waals surface area contributed by atoms with Gasteiger partial charge in [-0.2, -0.15) is 0 Å². The molecule has 1 heteroatoms. The van der Waals surface area contributed by atoms with Crippen molar-refractivity contribution in [3.05, 3.63) is 12.7 Å². The van der Waals surface area contributed by atoms with Gasteiger partial charge in [-0.1, -0.05) is 116 Å². The summed E-state index contributed by atoms with van der Waals surface area (Å²) in [4.78, 5) is 2.37. The van der Waals surface area contributed by atoms with Crippen LogP contribution in [-0.4, -0.2) is 25.5 Å². The second-order valence-corrected chi connectivity index (χ2v) is 9.06. The van der Waals surface area contributed by atoms with Crippen molar-refractivity contribution in [1.29, 1.82) is 0 Å². The molecule has 27 heavy (non-hydrogen) atoms. The van der Waals surface area contributed by atoms with E-state index < -0.39 is 0 Å². The fourth-order valence-electron chi connectivity index (χ4n) is 4.05. The van der Waals surface area contributed by atoms with E-state index in [1.807, 2.05) is 0 Å². The number of allylic oxidation sites excluding steroid dienone is 1. The lowest BCUT2D eigenvalue weighted by Crippen LogP contribution is -2.17. The highest BCUT2D eigenvalue weighted by atomic mass is 15.0. The normalized spacial score (nSPS) is 12.6. The zero-order chi connectivity index (χ0) is 20.0. The first-order valence-electron chi connectivity index (χ1n) is 12.5. The summed E-state index contributed by atoms with van der Waals surface area (Å²) in [6, 6.07) is 0. The van der Waals surface area contributed by atoms with Gasteiger partial charge in [0, 0.05) is 0 Å². The lowest BCUT2D eigenvalue weighted by molar-refractivity contribution is 0.314. The second kappa shape index (κ2) is 22.0. The Hall–Kier alpha value is -0.300. The van der Waals surface area contributed by atoms with Crippen molar-refractivity contribution in [1.82, 2.24) is 4.90 Å². The van der Waals surface area contributed by atoms with Crippen LogP contribution in [0.3, 0.4) is 0 Å². The van der Waals surface area contributed by atoms with Gasteiger partial charge in [-0.05, 0) is 45.8 Å². The van der Waals surface area contributed by atoms with Crippen molar-refractivity contribution < 1.29 is 0 Å². The molecule has 0 N–H and O–H groups in total. The number of hydrogen-bond donors (Lipinski definition) is 0. The SMILES string of the molecule is C=CCCCCCCCCCC(CCCCCCCCCC)CCN(C)C. The molecular weight excluding hydrogens is 326 g/mol. The van der Waals surface area contributed by atoms with Gasteiger partial charge in [0.15, 0.2) is 0 Å². The molecule has 0 spiro atoms. The maximum atomic E-state index is 3.80. The van der Waals surface area contributed by atoms with E-state index in [0.717, 1.165) is 5.92 Å². The average Bonchev–Trinajstić information content (AvgIpc) is 2.66. The highest BCUT2D eigenvalue weighted by Crippen LogP contribution is 2.22.